The van der Waals surface area contributed by atoms with Gasteiger partial charge in [-0.2, -0.15) is 0 Å². The van der Waals surface area contributed by atoms with Gasteiger partial charge in [0.15, 0.2) is 10.8 Å². The number of hydrogen-bond donors (Lipinski definition) is 2. The topological polar surface area (TPSA) is 88.4 Å². The summed E-state index contributed by atoms with van der Waals surface area (Å²) in [6, 6.07) is 17.4. The van der Waals surface area contributed by atoms with Crippen LogP contribution in [0.15, 0.2) is 59.8 Å². The van der Waals surface area contributed by atoms with E-state index in [0.717, 1.165) is 35.0 Å². The zero-order chi connectivity index (χ0) is 21.4. The quantitative estimate of drug-likeness (QED) is 0.453. The Hall–Kier alpha value is -3.39. The average molecular weight is 432 g/mol. The maximum absolute atomic E-state index is 12.6. The van der Waals surface area contributed by atoms with Gasteiger partial charge in [-0.3, -0.25) is 14.0 Å². The van der Waals surface area contributed by atoms with Gasteiger partial charge in [0.1, 0.15) is 0 Å². The molecule has 2 aromatic carbocycles. The van der Waals surface area contributed by atoms with Crippen molar-refractivity contribution in [3.63, 3.8) is 0 Å². The van der Waals surface area contributed by atoms with Crippen LogP contribution in [-0.4, -0.2) is 38.2 Å². The van der Waals surface area contributed by atoms with Gasteiger partial charge in [0.05, 0.1) is 22.5 Å². The molecule has 2 aromatic heterocycles. The van der Waals surface area contributed by atoms with Crippen molar-refractivity contribution >= 4 is 45.8 Å². The summed E-state index contributed by atoms with van der Waals surface area (Å²) in [5.74, 6) is -0.206. The Morgan fingerprint density at radius 1 is 1.10 bits per heavy atom. The molecule has 2 heterocycles. The van der Waals surface area contributed by atoms with Crippen molar-refractivity contribution < 1.29 is 9.59 Å². The van der Waals surface area contributed by atoms with Gasteiger partial charge >= 0.3 is 0 Å². The first-order valence-corrected chi connectivity index (χ1v) is 11.1. The molecule has 1 fully saturated rings. The van der Waals surface area contributed by atoms with E-state index >= 15 is 0 Å². The fourth-order valence-corrected chi connectivity index (χ4v) is 4.32. The number of amides is 2. The first kappa shape index (κ1) is 19.6. The third kappa shape index (κ3) is 3.98. The van der Waals surface area contributed by atoms with Crippen LogP contribution in [-0.2, 0) is 4.79 Å². The largest absolute Gasteiger partial charge is 0.349 e. The predicted octanol–water partition coefficient (Wildman–Crippen LogP) is 3.81. The molecule has 31 heavy (non-hydrogen) atoms. The van der Waals surface area contributed by atoms with Crippen molar-refractivity contribution in [1.82, 2.24) is 19.9 Å². The summed E-state index contributed by atoms with van der Waals surface area (Å²) < 4.78 is 1.97. The van der Waals surface area contributed by atoms with Crippen LogP contribution in [0, 0.1) is 6.92 Å². The SMILES string of the molecule is Cc1cc2nnc(SCC(=O)Nc3ccccc3C(=O)NC3CC3)n2c2ccccc12. The number of rotatable bonds is 6. The first-order valence-electron chi connectivity index (χ1n) is 10.2. The standard InChI is InChI=1S/C23H21N5O2S/c1-14-12-20-26-27-23(28(20)19-9-5-3-6-16(14)19)31-13-21(29)25-18-8-4-2-7-17(18)22(30)24-15-10-11-15/h2-9,12,15H,10-11,13H2,1H3,(H,24,30)(H,25,29). The Labute approximate surface area is 183 Å². The summed E-state index contributed by atoms with van der Waals surface area (Å²) >= 11 is 1.32. The Balaban J connectivity index is 1.33. The van der Waals surface area contributed by atoms with Gasteiger partial charge in [0.2, 0.25) is 5.91 Å². The monoisotopic (exact) mass is 431 g/mol. The van der Waals surface area contributed by atoms with E-state index in [1.54, 1.807) is 24.3 Å². The molecule has 1 aliphatic rings. The molecule has 0 radical (unpaired) electrons. The van der Waals surface area contributed by atoms with Crippen LogP contribution in [0.1, 0.15) is 28.8 Å². The Morgan fingerprint density at radius 3 is 2.71 bits per heavy atom. The maximum atomic E-state index is 12.6. The lowest BCUT2D eigenvalue weighted by Gasteiger charge is -2.11. The third-order valence-corrected chi connectivity index (χ3v) is 6.19. The average Bonchev–Trinajstić information content (AvgIpc) is 3.50. The van der Waals surface area contributed by atoms with Crippen LogP contribution in [0.2, 0.25) is 0 Å². The lowest BCUT2D eigenvalue weighted by atomic mass is 10.1. The fourth-order valence-electron chi connectivity index (χ4n) is 3.57. The second kappa shape index (κ2) is 8.03. The van der Waals surface area contributed by atoms with Gasteiger partial charge in [-0.05, 0) is 49.6 Å². The van der Waals surface area contributed by atoms with Gasteiger partial charge in [-0.15, -0.1) is 10.2 Å². The number of fused-ring (bicyclic) bond motifs is 3. The molecule has 0 aliphatic heterocycles. The molecule has 0 unspecified atom stereocenters. The summed E-state index contributed by atoms with van der Waals surface area (Å²) in [6.45, 7) is 2.05. The molecule has 2 N–H and O–H groups in total. The molecule has 1 aliphatic carbocycles. The number of carbonyl (C=O) groups excluding carboxylic acids is 2. The number of anilines is 1. The highest BCUT2D eigenvalue weighted by molar-refractivity contribution is 7.99. The van der Waals surface area contributed by atoms with Crippen molar-refractivity contribution in [2.45, 2.75) is 31.0 Å². The predicted molar refractivity (Wildman–Crippen MR) is 122 cm³/mol. The molecular formula is C23H21N5O2S. The second-order valence-corrected chi connectivity index (χ2v) is 8.59. The zero-order valence-electron chi connectivity index (χ0n) is 17.0. The molecule has 4 aromatic rings. The number of aryl methyl sites for hydroxylation is 1. The van der Waals surface area contributed by atoms with Crippen LogP contribution < -0.4 is 10.6 Å². The normalized spacial score (nSPS) is 13.5. The van der Waals surface area contributed by atoms with Gasteiger partial charge in [0.25, 0.3) is 5.91 Å². The molecule has 0 atom stereocenters. The third-order valence-electron chi connectivity index (χ3n) is 5.26. The van der Waals surface area contributed by atoms with Gasteiger partial charge in [-0.1, -0.05) is 42.1 Å². The molecule has 7 nitrogen and oxygen atoms in total. The highest BCUT2D eigenvalue weighted by atomic mass is 32.2. The van der Waals surface area contributed by atoms with Gasteiger partial charge in [-0.25, -0.2) is 0 Å². The highest BCUT2D eigenvalue weighted by Gasteiger charge is 2.25. The molecule has 0 saturated heterocycles. The summed E-state index contributed by atoms with van der Waals surface area (Å²) in [5, 5.41) is 16.2. The van der Waals surface area contributed by atoms with Crippen molar-refractivity contribution in [1.29, 1.82) is 0 Å². The summed E-state index contributed by atoms with van der Waals surface area (Å²) in [6.07, 6.45) is 2.02. The number of hydrogen-bond acceptors (Lipinski definition) is 5. The Kier molecular flexibility index (Phi) is 5.07. The van der Waals surface area contributed by atoms with E-state index in [1.165, 1.54) is 11.8 Å². The summed E-state index contributed by atoms with van der Waals surface area (Å²) in [5.41, 5.74) is 3.88. The number of benzene rings is 2. The van der Waals surface area contributed by atoms with Crippen LogP contribution in [0.25, 0.3) is 16.6 Å². The van der Waals surface area contributed by atoms with E-state index in [1.807, 2.05) is 35.6 Å². The number of carbonyl (C=O) groups is 2. The molecule has 0 spiro atoms. The highest BCUT2D eigenvalue weighted by Crippen LogP contribution is 2.26. The zero-order valence-corrected chi connectivity index (χ0v) is 17.8. The van der Waals surface area contributed by atoms with E-state index in [-0.39, 0.29) is 23.6 Å². The number of pyridine rings is 1. The van der Waals surface area contributed by atoms with Crippen molar-refractivity contribution in [2.75, 3.05) is 11.1 Å². The van der Waals surface area contributed by atoms with Crippen molar-refractivity contribution in [3.8, 4) is 0 Å². The molecular weight excluding hydrogens is 410 g/mol. The van der Waals surface area contributed by atoms with Crippen LogP contribution in [0.3, 0.4) is 0 Å². The minimum atomic E-state index is -0.204. The van der Waals surface area contributed by atoms with Crippen LogP contribution in [0.4, 0.5) is 5.69 Å². The minimum absolute atomic E-state index is 0.154. The molecule has 1 saturated carbocycles. The number of nitrogens with zero attached hydrogens (tertiary/aromatic N) is 3. The number of thioether (sulfide) groups is 1. The lowest BCUT2D eigenvalue weighted by Crippen LogP contribution is -2.27. The van der Waals surface area contributed by atoms with E-state index < -0.39 is 0 Å². The molecule has 8 heteroatoms. The van der Waals surface area contributed by atoms with Crippen molar-refractivity contribution in [3.05, 3.63) is 65.7 Å². The fraction of sp³-hybridized carbons (Fsp3) is 0.217. The molecule has 2 amide bonds. The van der Waals surface area contributed by atoms with Gasteiger partial charge < -0.3 is 10.6 Å². The van der Waals surface area contributed by atoms with Gasteiger partial charge in [0, 0.05) is 11.4 Å². The van der Waals surface area contributed by atoms with E-state index in [4.69, 9.17) is 0 Å². The Morgan fingerprint density at radius 2 is 1.87 bits per heavy atom. The molecule has 156 valence electrons. The van der Waals surface area contributed by atoms with Crippen LogP contribution in [0.5, 0.6) is 0 Å². The van der Waals surface area contributed by atoms with Crippen molar-refractivity contribution in [2.24, 2.45) is 0 Å². The maximum Gasteiger partial charge on any atom is 0.253 e. The van der Waals surface area contributed by atoms with Crippen LogP contribution >= 0.6 is 11.8 Å². The summed E-state index contributed by atoms with van der Waals surface area (Å²) in [4.78, 5) is 25.1. The minimum Gasteiger partial charge on any atom is -0.349 e. The smallest absolute Gasteiger partial charge is 0.253 e. The molecule has 0 bridgehead atoms. The Bertz CT molecular complexity index is 1310. The van der Waals surface area contributed by atoms with E-state index in [0.29, 0.717) is 16.4 Å². The lowest BCUT2D eigenvalue weighted by molar-refractivity contribution is -0.113. The first-order chi connectivity index (χ1) is 15.1. The second-order valence-electron chi connectivity index (χ2n) is 7.65. The molecule has 5 rings (SSSR count). The number of aromatic nitrogens is 3. The summed E-state index contributed by atoms with van der Waals surface area (Å²) in [7, 11) is 0. The number of para-hydroxylation sites is 2. The van der Waals surface area contributed by atoms with E-state index in [2.05, 4.69) is 26.9 Å². The van der Waals surface area contributed by atoms with E-state index in [9.17, 15) is 9.59 Å². The number of nitrogens with one attached hydrogen (secondary N) is 2.